The number of aryl methyl sites for hydroxylation is 1. The third kappa shape index (κ3) is 4.46. The fourth-order valence-electron chi connectivity index (χ4n) is 3.31. The van der Waals surface area contributed by atoms with E-state index in [1.165, 1.54) is 10.9 Å². The number of rotatable bonds is 7. The number of ether oxygens (including phenoxy) is 1. The van der Waals surface area contributed by atoms with Gasteiger partial charge in [0.2, 0.25) is 0 Å². The van der Waals surface area contributed by atoms with Crippen LogP contribution in [0.4, 0.5) is 10.6 Å². The Morgan fingerprint density at radius 3 is 2.66 bits per heavy atom. The number of nitrogen functional groups attached to an aromatic ring is 1. The zero-order valence-electron chi connectivity index (χ0n) is 17.5. The molecule has 0 atom stereocenters. The monoisotopic (exact) mass is 433 g/mol. The van der Waals surface area contributed by atoms with Crippen LogP contribution in [0.25, 0.3) is 5.69 Å². The van der Waals surface area contributed by atoms with Crippen molar-refractivity contribution >= 4 is 23.6 Å². The average Bonchev–Trinajstić information content (AvgIpc) is 3.51. The SMILES string of the molecule is Cc1ccc(C(=O)NC2CC2)cc1-n1ncc(C(=O)c2cccc(COC(N)=O)c2)c1N. The van der Waals surface area contributed by atoms with E-state index in [0.29, 0.717) is 22.4 Å². The molecule has 0 spiro atoms. The molecule has 1 aliphatic rings. The lowest BCUT2D eigenvalue weighted by Gasteiger charge is -2.11. The molecule has 1 saturated carbocycles. The minimum Gasteiger partial charge on any atom is -0.445 e. The number of aromatic nitrogens is 2. The van der Waals surface area contributed by atoms with Gasteiger partial charge in [-0.15, -0.1) is 0 Å². The zero-order chi connectivity index (χ0) is 22.8. The highest BCUT2D eigenvalue weighted by atomic mass is 16.5. The van der Waals surface area contributed by atoms with E-state index in [1.54, 1.807) is 36.4 Å². The number of benzene rings is 2. The summed E-state index contributed by atoms with van der Waals surface area (Å²) in [6.07, 6.45) is 2.51. The summed E-state index contributed by atoms with van der Waals surface area (Å²) in [5.74, 6) is -0.308. The third-order valence-electron chi connectivity index (χ3n) is 5.23. The van der Waals surface area contributed by atoms with Crippen molar-refractivity contribution in [3.8, 4) is 5.69 Å². The van der Waals surface area contributed by atoms with Gasteiger partial charge in [0.1, 0.15) is 12.4 Å². The van der Waals surface area contributed by atoms with Gasteiger partial charge in [0.15, 0.2) is 5.78 Å². The molecule has 5 N–H and O–H groups in total. The van der Waals surface area contributed by atoms with Crippen LogP contribution in [0.3, 0.4) is 0 Å². The van der Waals surface area contributed by atoms with Crippen LogP contribution in [0.15, 0.2) is 48.7 Å². The Hall–Kier alpha value is -4.14. The number of primary amides is 1. The summed E-state index contributed by atoms with van der Waals surface area (Å²) in [7, 11) is 0. The van der Waals surface area contributed by atoms with Gasteiger partial charge in [-0.3, -0.25) is 9.59 Å². The second-order valence-electron chi connectivity index (χ2n) is 7.74. The van der Waals surface area contributed by atoms with Crippen molar-refractivity contribution in [1.82, 2.24) is 15.1 Å². The molecule has 1 heterocycles. The maximum absolute atomic E-state index is 13.1. The molecule has 1 aliphatic carbocycles. The predicted octanol–water partition coefficient (Wildman–Crippen LogP) is 2.48. The lowest BCUT2D eigenvalue weighted by atomic mass is 10.0. The summed E-state index contributed by atoms with van der Waals surface area (Å²) in [6, 6.07) is 12.2. The highest BCUT2D eigenvalue weighted by Gasteiger charge is 2.24. The molecule has 9 heteroatoms. The number of nitrogens with two attached hydrogens (primary N) is 2. The van der Waals surface area contributed by atoms with Gasteiger partial charge in [-0.25, -0.2) is 9.48 Å². The molecule has 0 saturated heterocycles. The smallest absolute Gasteiger partial charge is 0.404 e. The van der Waals surface area contributed by atoms with Crippen molar-refractivity contribution in [1.29, 1.82) is 0 Å². The first-order chi connectivity index (χ1) is 15.3. The molecule has 4 rings (SSSR count). The first-order valence-electron chi connectivity index (χ1n) is 10.1. The zero-order valence-corrected chi connectivity index (χ0v) is 17.5. The summed E-state index contributed by atoms with van der Waals surface area (Å²) in [6.45, 7) is 1.84. The third-order valence-corrected chi connectivity index (χ3v) is 5.23. The molecule has 1 aromatic heterocycles. The quantitative estimate of drug-likeness (QED) is 0.489. The van der Waals surface area contributed by atoms with Gasteiger partial charge in [-0.1, -0.05) is 24.3 Å². The molecule has 2 aromatic carbocycles. The minimum absolute atomic E-state index is 0.0416. The van der Waals surface area contributed by atoms with Crippen LogP contribution < -0.4 is 16.8 Å². The van der Waals surface area contributed by atoms with E-state index in [1.807, 2.05) is 13.0 Å². The Bertz CT molecular complexity index is 1210. The first kappa shape index (κ1) is 21.1. The van der Waals surface area contributed by atoms with Crippen molar-refractivity contribution in [2.45, 2.75) is 32.4 Å². The molecule has 164 valence electrons. The Kier molecular flexibility index (Phi) is 5.63. The van der Waals surface area contributed by atoms with Gasteiger partial charge in [0.25, 0.3) is 5.91 Å². The molecule has 32 heavy (non-hydrogen) atoms. The second-order valence-corrected chi connectivity index (χ2v) is 7.74. The summed E-state index contributed by atoms with van der Waals surface area (Å²) in [4.78, 5) is 36.3. The van der Waals surface area contributed by atoms with E-state index in [2.05, 4.69) is 10.4 Å². The van der Waals surface area contributed by atoms with Crippen LogP contribution in [0.1, 0.15) is 50.2 Å². The Morgan fingerprint density at radius 1 is 1.16 bits per heavy atom. The van der Waals surface area contributed by atoms with Crippen LogP contribution in [0, 0.1) is 6.92 Å². The molecule has 3 aromatic rings. The number of anilines is 1. The lowest BCUT2D eigenvalue weighted by Crippen LogP contribution is -2.25. The second kappa shape index (κ2) is 8.54. The number of nitrogens with one attached hydrogen (secondary N) is 1. The van der Waals surface area contributed by atoms with Gasteiger partial charge in [-0.05, 0) is 49.1 Å². The molecule has 0 unspecified atom stereocenters. The maximum atomic E-state index is 13.1. The summed E-state index contributed by atoms with van der Waals surface area (Å²) >= 11 is 0. The first-order valence-corrected chi connectivity index (χ1v) is 10.1. The van der Waals surface area contributed by atoms with Crippen molar-refractivity contribution in [3.05, 3.63) is 76.5 Å². The number of nitrogens with zero attached hydrogens (tertiary/aromatic N) is 2. The molecule has 2 amide bonds. The normalized spacial score (nSPS) is 12.9. The van der Waals surface area contributed by atoms with Crippen molar-refractivity contribution < 1.29 is 19.1 Å². The topological polar surface area (TPSA) is 142 Å². The number of carbonyl (C=O) groups excluding carboxylic acids is 3. The number of hydrogen-bond acceptors (Lipinski definition) is 6. The van der Waals surface area contributed by atoms with Gasteiger partial charge >= 0.3 is 6.09 Å². The van der Waals surface area contributed by atoms with Crippen LogP contribution in [-0.4, -0.2) is 33.6 Å². The summed E-state index contributed by atoms with van der Waals surface area (Å²) < 4.78 is 6.23. The number of ketones is 1. The number of amides is 2. The van der Waals surface area contributed by atoms with Crippen molar-refractivity contribution in [2.24, 2.45) is 5.73 Å². The highest BCUT2D eigenvalue weighted by Crippen LogP contribution is 2.25. The fourth-order valence-corrected chi connectivity index (χ4v) is 3.31. The molecular formula is C23H23N5O4. The molecule has 0 bridgehead atoms. The van der Waals surface area contributed by atoms with Gasteiger partial charge in [-0.2, -0.15) is 5.10 Å². The molecular weight excluding hydrogens is 410 g/mol. The van der Waals surface area contributed by atoms with Gasteiger partial charge in [0, 0.05) is 17.2 Å². The minimum atomic E-state index is -0.893. The Labute approximate surface area is 184 Å². The van der Waals surface area contributed by atoms with E-state index in [4.69, 9.17) is 16.2 Å². The lowest BCUT2D eigenvalue weighted by molar-refractivity contribution is 0.0950. The number of hydrogen-bond donors (Lipinski definition) is 3. The van der Waals surface area contributed by atoms with Crippen LogP contribution in [0.5, 0.6) is 0 Å². The van der Waals surface area contributed by atoms with Crippen LogP contribution in [-0.2, 0) is 11.3 Å². The van der Waals surface area contributed by atoms with Crippen LogP contribution >= 0.6 is 0 Å². The Balaban J connectivity index is 1.61. The van der Waals surface area contributed by atoms with Gasteiger partial charge < -0.3 is 21.5 Å². The van der Waals surface area contributed by atoms with Crippen molar-refractivity contribution in [3.63, 3.8) is 0 Å². The van der Waals surface area contributed by atoms with E-state index >= 15 is 0 Å². The molecule has 9 nitrogen and oxygen atoms in total. The van der Waals surface area contributed by atoms with E-state index < -0.39 is 6.09 Å². The fraction of sp³-hybridized carbons (Fsp3) is 0.217. The molecule has 0 radical (unpaired) electrons. The molecule has 0 aliphatic heterocycles. The summed E-state index contributed by atoms with van der Waals surface area (Å²) in [5.41, 5.74) is 14.5. The molecule has 1 fully saturated rings. The van der Waals surface area contributed by atoms with Gasteiger partial charge in [0.05, 0.1) is 17.4 Å². The standard InChI is InChI=1S/C23H23N5O4/c1-13-5-6-16(22(30)27-17-7-8-17)10-19(13)28-21(24)18(11-26-28)20(29)15-4-2-3-14(9-15)12-32-23(25)31/h2-6,9-11,17H,7-8,12,24H2,1H3,(H2,25,31)(H,27,30). The van der Waals surface area contributed by atoms with Crippen LogP contribution in [0.2, 0.25) is 0 Å². The average molecular weight is 433 g/mol. The predicted molar refractivity (Wildman–Crippen MR) is 117 cm³/mol. The van der Waals surface area contributed by atoms with Crippen molar-refractivity contribution in [2.75, 3.05) is 5.73 Å². The Morgan fingerprint density at radius 2 is 1.94 bits per heavy atom. The highest BCUT2D eigenvalue weighted by molar-refractivity contribution is 6.11. The van der Waals surface area contributed by atoms with E-state index in [9.17, 15) is 14.4 Å². The maximum Gasteiger partial charge on any atom is 0.404 e. The number of carbonyl (C=O) groups is 3. The van der Waals surface area contributed by atoms with E-state index in [0.717, 1.165) is 18.4 Å². The summed E-state index contributed by atoms with van der Waals surface area (Å²) in [5, 5.41) is 7.26. The largest absolute Gasteiger partial charge is 0.445 e. The van der Waals surface area contributed by atoms with E-state index in [-0.39, 0.29) is 35.7 Å².